The number of aromatic nitrogens is 1. The van der Waals surface area contributed by atoms with E-state index in [0.29, 0.717) is 12.2 Å². The first-order chi connectivity index (χ1) is 8.77. The highest BCUT2D eigenvalue weighted by molar-refractivity contribution is 5.56. The highest BCUT2D eigenvalue weighted by atomic mass is 16.6. The van der Waals surface area contributed by atoms with Gasteiger partial charge in [-0.05, 0) is 48.0 Å². The predicted octanol–water partition coefficient (Wildman–Crippen LogP) is 1.89. The fourth-order valence-corrected chi connectivity index (χ4v) is 2.21. The van der Waals surface area contributed by atoms with E-state index in [4.69, 9.17) is 0 Å². The number of hydrogen-bond acceptors (Lipinski definition) is 5. The molecule has 0 amide bonds. The quantitative estimate of drug-likeness (QED) is 0.638. The molecule has 2 heterocycles. The molecule has 1 fully saturated rings. The van der Waals surface area contributed by atoms with Crippen LogP contribution in [-0.2, 0) is 0 Å². The second-order valence-corrected chi connectivity index (χ2v) is 4.46. The van der Waals surface area contributed by atoms with Crippen LogP contribution in [0.5, 0.6) is 0 Å². The topological polar surface area (TPSA) is 71.3 Å². The summed E-state index contributed by atoms with van der Waals surface area (Å²) in [6.07, 6.45) is 5.27. The Balaban J connectivity index is 1.84. The second kappa shape index (κ2) is 6.30. The number of anilines is 1. The third kappa shape index (κ3) is 3.40. The summed E-state index contributed by atoms with van der Waals surface area (Å²) in [6.45, 7) is 3.91. The Morgan fingerprint density at radius 1 is 1.39 bits per heavy atom. The van der Waals surface area contributed by atoms with Crippen LogP contribution in [0.4, 0.5) is 11.5 Å². The highest BCUT2D eigenvalue weighted by Gasteiger charge is 2.14. The first-order valence-electron chi connectivity index (χ1n) is 6.33. The molecule has 6 heteroatoms. The van der Waals surface area contributed by atoms with E-state index < -0.39 is 4.92 Å². The van der Waals surface area contributed by atoms with Crippen molar-refractivity contribution in [2.24, 2.45) is 0 Å². The summed E-state index contributed by atoms with van der Waals surface area (Å²) in [7, 11) is 0. The van der Waals surface area contributed by atoms with Crippen LogP contribution in [-0.4, -0.2) is 41.0 Å². The minimum Gasteiger partial charge on any atom is -0.377 e. The van der Waals surface area contributed by atoms with Crippen LogP contribution in [0.25, 0.3) is 0 Å². The fraction of sp³-hybridized carbons (Fsp3) is 0.583. The van der Waals surface area contributed by atoms with E-state index in [9.17, 15) is 10.1 Å². The lowest BCUT2D eigenvalue weighted by Gasteiger charge is -2.26. The zero-order chi connectivity index (χ0) is 12.8. The maximum atomic E-state index is 10.8. The normalized spacial score (nSPS) is 16.4. The van der Waals surface area contributed by atoms with Crippen molar-refractivity contribution in [3.05, 3.63) is 28.4 Å². The van der Waals surface area contributed by atoms with Crippen molar-refractivity contribution in [3.63, 3.8) is 0 Å². The summed E-state index contributed by atoms with van der Waals surface area (Å²) in [5.41, 5.74) is 0.500. The Hall–Kier alpha value is -1.69. The van der Waals surface area contributed by atoms with Gasteiger partial charge in [-0.15, -0.1) is 0 Å². The molecule has 0 radical (unpaired) electrons. The Kier molecular flexibility index (Phi) is 4.46. The van der Waals surface area contributed by atoms with Crippen LogP contribution in [0.2, 0.25) is 0 Å². The zero-order valence-corrected chi connectivity index (χ0v) is 10.3. The molecule has 1 aliphatic heterocycles. The van der Waals surface area contributed by atoms with Crippen molar-refractivity contribution in [3.8, 4) is 0 Å². The Morgan fingerprint density at radius 3 is 2.89 bits per heavy atom. The van der Waals surface area contributed by atoms with Crippen molar-refractivity contribution >= 4 is 11.5 Å². The number of nitro groups is 1. The number of piperidine rings is 1. The molecule has 0 saturated carbocycles. The number of hydrogen-bond donors (Lipinski definition) is 1. The van der Waals surface area contributed by atoms with Crippen molar-refractivity contribution in [2.45, 2.75) is 19.3 Å². The molecule has 0 aromatic carbocycles. The number of nitrogens with zero attached hydrogens (tertiary/aromatic N) is 3. The van der Waals surface area contributed by atoms with Crippen molar-refractivity contribution in [1.82, 2.24) is 9.88 Å². The Labute approximate surface area is 106 Å². The lowest BCUT2D eigenvalue weighted by molar-refractivity contribution is -0.388. The maximum absolute atomic E-state index is 10.8. The zero-order valence-electron chi connectivity index (χ0n) is 10.3. The van der Waals surface area contributed by atoms with Gasteiger partial charge in [0.25, 0.3) is 0 Å². The summed E-state index contributed by atoms with van der Waals surface area (Å²) >= 11 is 0. The summed E-state index contributed by atoms with van der Waals surface area (Å²) in [5.74, 6) is -0.101. The summed E-state index contributed by atoms with van der Waals surface area (Å²) in [6, 6.07) is 3.40. The van der Waals surface area contributed by atoms with Gasteiger partial charge in [-0.1, -0.05) is 6.42 Å². The monoisotopic (exact) mass is 250 g/mol. The molecule has 18 heavy (non-hydrogen) atoms. The number of rotatable bonds is 5. The molecule has 1 N–H and O–H groups in total. The van der Waals surface area contributed by atoms with Gasteiger partial charge in [-0.3, -0.25) is 0 Å². The van der Waals surface area contributed by atoms with E-state index in [1.807, 2.05) is 0 Å². The molecule has 1 saturated heterocycles. The van der Waals surface area contributed by atoms with Crippen molar-refractivity contribution < 1.29 is 4.92 Å². The van der Waals surface area contributed by atoms with Crippen LogP contribution in [0.3, 0.4) is 0 Å². The van der Waals surface area contributed by atoms with E-state index in [2.05, 4.69) is 15.2 Å². The average Bonchev–Trinajstić information content (AvgIpc) is 2.40. The molecule has 0 unspecified atom stereocenters. The van der Waals surface area contributed by atoms with Gasteiger partial charge in [0, 0.05) is 13.1 Å². The molecule has 0 atom stereocenters. The molecule has 1 aromatic heterocycles. The van der Waals surface area contributed by atoms with Gasteiger partial charge in [0.1, 0.15) is 11.9 Å². The fourth-order valence-electron chi connectivity index (χ4n) is 2.21. The predicted molar refractivity (Wildman–Crippen MR) is 69.7 cm³/mol. The van der Waals surface area contributed by atoms with E-state index in [1.165, 1.54) is 25.5 Å². The standard InChI is InChI=1S/C12H18N4O2/c17-16(18)12-11(5-4-6-14-12)13-7-10-15-8-2-1-3-9-15/h4-6,13H,1-3,7-10H2. The third-order valence-electron chi connectivity index (χ3n) is 3.15. The van der Waals surface area contributed by atoms with E-state index in [0.717, 1.165) is 19.6 Å². The van der Waals surface area contributed by atoms with Crippen LogP contribution in [0.1, 0.15) is 19.3 Å². The molecule has 98 valence electrons. The van der Waals surface area contributed by atoms with Gasteiger partial charge in [-0.25, -0.2) is 0 Å². The smallest absolute Gasteiger partial charge is 0.377 e. The molecule has 0 bridgehead atoms. The van der Waals surface area contributed by atoms with Gasteiger partial charge in [0.05, 0.1) is 0 Å². The third-order valence-corrected chi connectivity index (χ3v) is 3.15. The number of pyridine rings is 1. The molecule has 1 aliphatic rings. The molecule has 2 rings (SSSR count). The summed E-state index contributed by atoms with van der Waals surface area (Å²) in [4.78, 5) is 16.5. The Bertz CT molecular complexity index is 405. The van der Waals surface area contributed by atoms with E-state index >= 15 is 0 Å². The molecule has 6 nitrogen and oxygen atoms in total. The van der Waals surface area contributed by atoms with Crippen LogP contribution in [0.15, 0.2) is 18.3 Å². The largest absolute Gasteiger partial charge is 0.386 e. The summed E-state index contributed by atoms with van der Waals surface area (Å²) in [5, 5.41) is 13.9. The lowest BCUT2D eigenvalue weighted by atomic mass is 10.1. The van der Waals surface area contributed by atoms with E-state index in [1.54, 1.807) is 12.1 Å². The van der Waals surface area contributed by atoms with Crippen molar-refractivity contribution in [1.29, 1.82) is 0 Å². The molecule has 1 aromatic rings. The van der Waals surface area contributed by atoms with Gasteiger partial charge in [-0.2, -0.15) is 0 Å². The van der Waals surface area contributed by atoms with Gasteiger partial charge in [0.15, 0.2) is 0 Å². The SMILES string of the molecule is O=[N+]([O-])c1ncccc1NCCN1CCCCC1. The van der Waals surface area contributed by atoms with Crippen LogP contribution in [0, 0.1) is 10.1 Å². The van der Waals surface area contributed by atoms with E-state index in [-0.39, 0.29) is 5.82 Å². The maximum Gasteiger partial charge on any atom is 0.386 e. The second-order valence-electron chi connectivity index (χ2n) is 4.46. The highest BCUT2D eigenvalue weighted by Crippen LogP contribution is 2.19. The number of nitrogens with one attached hydrogen (secondary N) is 1. The van der Waals surface area contributed by atoms with Crippen molar-refractivity contribution in [2.75, 3.05) is 31.5 Å². The average molecular weight is 250 g/mol. The minimum atomic E-state index is -0.455. The van der Waals surface area contributed by atoms with Gasteiger partial charge < -0.3 is 20.3 Å². The molecule has 0 spiro atoms. The van der Waals surface area contributed by atoms with Gasteiger partial charge >= 0.3 is 5.82 Å². The molecule has 0 aliphatic carbocycles. The molecular weight excluding hydrogens is 232 g/mol. The lowest BCUT2D eigenvalue weighted by Crippen LogP contribution is -2.33. The number of likely N-dealkylation sites (tertiary alicyclic amines) is 1. The van der Waals surface area contributed by atoms with Crippen LogP contribution >= 0.6 is 0 Å². The van der Waals surface area contributed by atoms with Crippen LogP contribution < -0.4 is 5.32 Å². The first kappa shape index (κ1) is 12.8. The first-order valence-corrected chi connectivity index (χ1v) is 6.33. The van der Waals surface area contributed by atoms with Gasteiger partial charge in [0.2, 0.25) is 0 Å². The minimum absolute atomic E-state index is 0.101. The summed E-state index contributed by atoms with van der Waals surface area (Å²) < 4.78 is 0. The Morgan fingerprint density at radius 2 is 2.17 bits per heavy atom. The molecular formula is C12H18N4O2.